The summed E-state index contributed by atoms with van der Waals surface area (Å²) >= 11 is 1.56. The molecule has 0 saturated carbocycles. The van der Waals surface area contributed by atoms with E-state index in [-0.39, 0.29) is 30.1 Å². The molecule has 0 bridgehead atoms. The molecule has 0 aliphatic rings. The lowest BCUT2D eigenvalue weighted by molar-refractivity contribution is -0.144. The minimum Gasteiger partial charge on any atom is -0.461 e. The van der Waals surface area contributed by atoms with Gasteiger partial charge in [0.1, 0.15) is 6.61 Å². The Morgan fingerprint density at radius 1 is 1.11 bits per heavy atom. The summed E-state index contributed by atoms with van der Waals surface area (Å²) in [6.07, 6.45) is 0.0771. The molecule has 8 heteroatoms. The van der Waals surface area contributed by atoms with Crippen molar-refractivity contribution in [3.8, 4) is 0 Å². The van der Waals surface area contributed by atoms with E-state index in [0.717, 1.165) is 14.1 Å². The Balaban J connectivity index is 1.91. The summed E-state index contributed by atoms with van der Waals surface area (Å²) in [5, 5.41) is 0. The van der Waals surface area contributed by atoms with E-state index in [1.807, 2.05) is 19.9 Å². The molecule has 0 amide bonds. The number of benzene rings is 1. The summed E-state index contributed by atoms with van der Waals surface area (Å²) in [5.41, 5.74) is 1.23. The Labute approximate surface area is 163 Å². The lowest BCUT2D eigenvalue weighted by Gasteiger charge is -2.12. The van der Waals surface area contributed by atoms with Crippen molar-refractivity contribution in [3.63, 3.8) is 0 Å². The number of aryl methyl sites for hydroxylation is 2. The van der Waals surface area contributed by atoms with Crippen molar-refractivity contribution in [1.82, 2.24) is 4.31 Å². The number of hydrogen-bond acceptors (Lipinski definition) is 6. The molecule has 0 aliphatic carbocycles. The molecule has 2 rings (SSSR count). The molecule has 0 fully saturated rings. The van der Waals surface area contributed by atoms with Gasteiger partial charge in [-0.25, -0.2) is 12.7 Å². The van der Waals surface area contributed by atoms with Crippen molar-refractivity contribution >= 4 is 33.1 Å². The van der Waals surface area contributed by atoms with Gasteiger partial charge >= 0.3 is 5.97 Å². The summed E-state index contributed by atoms with van der Waals surface area (Å²) in [5.74, 6) is -0.568. The van der Waals surface area contributed by atoms with Gasteiger partial charge in [0, 0.05) is 35.8 Å². The lowest BCUT2D eigenvalue weighted by Crippen LogP contribution is -2.22. The number of hydrogen-bond donors (Lipinski definition) is 0. The van der Waals surface area contributed by atoms with Crippen LogP contribution in [0.3, 0.4) is 0 Å². The van der Waals surface area contributed by atoms with E-state index in [4.69, 9.17) is 4.74 Å². The molecule has 0 saturated heterocycles. The predicted molar refractivity (Wildman–Crippen MR) is 104 cm³/mol. The average Bonchev–Trinajstić information content (AvgIpc) is 2.96. The van der Waals surface area contributed by atoms with E-state index >= 15 is 0 Å². The predicted octanol–water partition coefficient (Wildman–Crippen LogP) is 3.32. The van der Waals surface area contributed by atoms with Gasteiger partial charge in [-0.1, -0.05) is 12.1 Å². The van der Waals surface area contributed by atoms with Crippen LogP contribution in [0, 0.1) is 13.8 Å². The zero-order valence-electron chi connectivity index (χ0n) is 15.8. The molecule has 6 nitrogen and oxygen atoms in total. The minimum atomic E-state index is -3.54. The maximum Gasteiger partial charge on any atom is 0.306 e. The summed E-state index contributed by atoms with van der Waals surface area (Å²) in [4.78, 5) is 26.3. The van der Waals surface area contributed by atoms with Crippen LogP contribution in [-0.4, -0.2) is 38.6 Å². The summed E-state index contributed by atoms with van der Waals surface area (Å²) in [7, 11) is -0.635. The number of sulfonamides is 1. The van der Waals surface area contributed by atoms with Crippen molar-refractivity contribution in [3.05, 3.63) is 51.2 Å². The third-order valence-electron chi connectivity index (χ3n) is 3.97. The summed E-state index contributed by atoms with van der Waals surface area (Å²) in [6.45, 7) is 3.78. The number of nitrogens with zero attached hydrogens (tertiary/aromatic N) is 1. The lowest BCUT2D eigenvalue weighted by atomic mass is 10.1. The van der Waals surface area contributed by atoms with E-state index < -0.39 is 16.0 Å². The fourth-order valence-corrected chi connectivity index (χ4v) is 4.42. The van der Waals surface area contributed by atoms with Crippen LogP contribution in [0.1, 0.15) is 38.5 Å². The Morgan fingerprint density at radius 3 is 2.41 bits per heavy atom. The summed E-state index contributed by atoms with van der Waals surface area (Å²) < 4.78 is 30.6. The van der Waals surface area contributed by atoms with Crippen molar-refractivity contribution < 1.29 is 22.7 Å². The van der Waals surface area contributed by atoms with Gasteiger partial charge < -0.3 is 4.74 Å². The number of ketones is 1. The van der Waals surface area contributed by atoms with Crippen molar-refractivity contribution in [2.75, 3.05) is 14.1 Å². The Hall–Kier alpha value is -2.03. The molecular formula is C19H23NO5S2. The second-order valence-corrected chi connectivity index (χ2v) is 9.96. The van der Waals surface area contributed by atoms with Crippen LogP contribution in [0.4, 0.5) is 0 Å². The average molecular weight is 410 g/mol. The van der Waals surface area contributed by atoms with E-state index in [9.17, 15) is 18.0 Å². The first-order valence-electron chi connectivity index (χ1n) is 8.38. The second-order valence-electron chi connectivity index (χ2n) is 6.35. The van der Waals surface area contributed by atoms with Crippen molar-refractivity contribution in [2.45, 2.75) is 38.2 Å². The molecule has 1 aromatic heterocycles. The topological polar surface area (TPSA) is 80.8 Å². The molecule has 0 unspecified atom stereocenters. The first-order valence-corrected chi connectivity index (χ1v) is 10.6. The van der Waals surface area contributed by atoms with Crippen LogP contribution < -0.4 is 0 Å². The van der Waals surface area contributed by atoms with Gasteiger partial charge in [-0.15, -0.1) is 11.3 Å². The zero-order valence-corrected chi connectivity index (χ0v) is 17.4. The van der Waals surface area contributed by atoms with Crippen LogP contribution >= 0.6 is 11.3 Å². The van der Waals surface area contributed by atoms with Gasteiger partial charge in [0.2, 0.25) is 10.0 Å². The molecule has 2 aromatic rings. The highest BCUT2D eigenvalue weighted by Gasteiger charge is 2.18. The smallest absolute Gasteiger partial charge is 0.306 e. The molecule has 146 valence electrons. The monoisotopic (exact) mass is 409 g/mol. The highest BCUT2D eigenvalue weighted by Crippen LogP contribution is 2.22. The molecule has 1 heterocycles. The van der Waals surface area contributed by atoms with Crippen LogP contribution in [0.15, 0.2) is 35.2 Å². The normalized spacial score (nSPS) is 11.6. The molecule has 0 spiro atoms. The van der Waals surface area contributed by atoms with E-state index in [1.165, 1.54) is 26.2 Å². The van der Waals surface area contributed by atoms with Crippen LogP contribution in [0.2, 0.25) is 0 Å². The van der Waals surface area contributed by atoms with Gasteiger partial charge in [-0.3, -0.25) is 9.59 Å². The SMILES string of the molecule is Cc1cc(C(=O)CCC(=O)OCc2cccc(S(=O)(=O)N(C)C)c2)c(C)s1. The number of carbonyl (C=O) groups excluding carboxylic acids is 2. The summed E-state index contributed by atoms with van der Waals surface area (Å²) in [6, 6.07) is 8.09. The van der Waals surface area contributed by atoms with E-state index in [1.54, 1.807) is 23.5 Å². The zero-order chi connectivity index (χ0) is 20.2. The standard InChI is InChI=1S/C19H23NO5S2/c1-13-10-17(14(2)26-13)18(21)8-9-19(22)25-12-15-6-5-7-16(11-15)27(23,24)20(3)4/h5-7,10-11H,8-9,12H2,1-4H3. The number of Topliss-reactive ketones (excluding diaryl/α,β-unsaturated/α-hetero) is 1. The van der Waals surface area contributed by atoms with Crippen molar-refractivity contribution in [2.24, 2.45) is 0 Å². The molecule has 1 aromatic carbocycles. The molecular weight excluding hydrogens is 386 g/mol. The molecule has 0 atom stereocenters. The van der Waals surface area contributed by atoms with E-state index in [0.29, 0.717) is 11.1 Å². The largest absolute Gasteiger partial charge is 0.461 e. The van der Waals surface area contributed by atoms with Gasteiger partial charge in [0.05, 0.1) is 11.3 Å². The highest BCUT2D eigenvalue weighted by atomic mass is 32.2. The highest BCUT2D eigenvalue weighted by molar-refractivity contribution is 7.89. The number of esters is 1. The Kier molecular flexibility index (Phi) is 6.91. The second kappa shape index (κ2) is 8.77. The van der Waals surface area contributed by atoms with Crippen LogP contribution in [0.5, 0.6) is 0 Å². The fraction of sp³-hybridized carbons (Fsp3) is 0.368. The number of carbonyl (C=O) groups is 2. The number of ether oxygens (including phenoxy) is 1. The molecule has 0 aliphatic heterocycles. The third-order valence-corrected chi connectivity index (χ3v) is 6.75. The maximum absolute atomic E-state index is 12.2. The Bertz CT molecular complexity index is 945. The number of thiophene rings is 1. The number of rotatable bonds is 8. The first kappa shape index (κ1) is 21.3. The third kappa shape index (κ3) is 5.47. The first-order chi connectivity index (χ1) is 12.6. The molecule has 27 heavy (non-hydrogen) atoms. The van der Waals surface area contributed by atoms with Gasteiger partial charge in [0.25, 0.3) is 0 Å². The maximum atomic E-state index is 12.2. The quantitative estimate of drug-likeness (QED) is 0.493. The van der Waals surface area contributed by atoms with E-state index in [2.05, 4.69) is 0 Å². The minimum absolute atomic E-state index is 0.0111. The van der Waals surface area contributed by atoms with Gasteiger partial charge in [-0.2, -0.15) is 0 Å². The van der Waals surface area contributed by atoms with Crippen LogP contribution in [-0.2, 0) is 26.2 Å². The van der Waals surface area contributed by atoms with Gasteiger partial charge in [-0.05, 0) is 37.6 Å². The van der Waals surface area contributed by atoms with Crippen LogP contribution in [0.25, 0.3) is 0 Å². The fourth-order valence-electron chi connectivity index (χ4n) is 2.50. The molecule has 0 radical (unpaired) electrons. The Morgan fingerprint density at radius 2 is 1.81 bits per heavy atom. The molecule has 0 N–H and O–H groups in total. The van der Waals surface area contributed by atoms with Gasteiger partial charge in [0.15, 0.2) is 5.78 Å². The van der Waals surface area contributed by atoms with Crippen molar-refractivity contribution in [1.29, 1.82) is 0 Å².